The number of carbonyl (C=O) groups is 2. The Morgan fingerprint density at radius 1 is 1.35 bits per heavy atom. The van der Waals surface area contributed by atoms with E-state index in [2.05, 4.69) is 20.5 Å². The third kappa shape index (κ3) is 3.19. The highest BCUT2D eigenvalue weighted by Crippen LogP contribution is 2.16. The van der Waals surface area contributed by atoms with Crippen LogP contribution in [0.3, 0.4) is 0 Å². The molecule has 2 rings (SSSR count). The van der Waals surface area contributed by atoms with E-state index in [-0.39, 0.29) is 12.2 Å². The summed E-state index contributed by atoms with van der Waals surface area (Å²) < 4.78 is 0. The van der Waals surface area contributed by atoms with Gasteiger partial charge in [0.2, 0.25) is 11.7 Å². The Kier molecular flexibility index (Phi) is 4.09. The number of aryl methyl sites for hydroxylation is 1. The van der Waals surface area contributed by atoms with Gasteiger partial charge in [-0.25, -0.2) is 4.98 Å². The predicted octanol–water partition coefficient (Wildman–Crippen LogP) is 0.647. The fourth-order valence-corrected chi connectivity index (χ4v) is 1.72. The fourth-order valence-electron chi connectivity index (χ4n) is 1.72. The number of rotatable bonds is 5. The zero-order valence-corrected chi connectivity index (χ0v) is 11.0. The highest BCUT2D eigenvalue weighted by Gasteiger charge is 2.14. The number of nitrogens with zero attached hydrogens (tertiary/aromatic N) is 2. The summed E-state index contributed by atoms with van der Waals surface area (Å²) in [4.78, 5) is 27.1. The number of carbonyl (C=O) groups excluding carboxylic acids is 2. The summed E-state index contributed by atoms with van der Waals surface area (Å²) in [6, 6.07) is 6.96. The summed E-state index contributed by atoms with van der Waals surface area (Å²) in [6.45, 7) is 1.91. The Labute approximate surface area is 115 Å². The minimum absolute atomic E-state index is 0.0602. The molecular weight excluding hydrogens is 258 g/mol. The Bertz CT molecular complexity index is 635. The van der Waals surface area contributed by atoms with Crippen LogP contribution < -0.4 is 11.1 Å². The third-order valence-electron chi connectivity index (χ3n) is 2.70. The first-order chi connectivity index (χ1) is 9.60. The summed E-state index contributed by atoms with van der Waals surface area (Å²) in [5.41, 5.74) is 6.35. The van der Waals surface area contributed by atoms with Crippen molar-refractivity contribution in [1.29, 1.82) is 0 Å². The number of H-pyrrole nitrogens is 1. The molecule has 1 aromatic carbocycles. The number of hydrogen-bond donors (Lipinski definition) is 3. The Hall–Kier alpha value is -2.70. The lowest BCUT2D eigenvalue weighted by atomic mass is 10.1. The molecule has 20 heavy (non-hydrogen) atoms. The van der Waals surface area contributed by atoms with Crippen LogP contribution in [-0.4, -0.2) is 27.0 Å². The lowest BCUT2D eigenvalue weighted by Crippen LogP contribution is -2.18. The summed E-state index contributed by atoms with van der Waals surface area (Å²) >= 11 is 0. The van der Waals surface area contributed by atoms with E-state index in [4.69, 9.17) is 5.73 Å². The second kappa shape index (κ2) is 5.96. The number of amides is 2. The minimum atomic E-state index is -0.460. The number of hydrogen-bond acceptors (Lipinski definition) is 4. The maximum atomic E-state index is 12.0. The monoisotopic (exact) mass is 273 g/mol. The molecule has 0 saturated carbocycles. The van der Waals surface area contributed by atoms with Crippen molar-refractivity contribution in [1.82, 2.24) is 15.2 Å². The van der Waals surface area contributed by atoms with Crippen molar-refractivity contribution in [2.75, 3.05) is 5.32 Å². The van der Waals surface area contributed by atoms with Gasteiger partial charge in [-0.3, -0.25) is 14.7 Å². The molecule has 2 amide bonds. The minimum Gasteiger partial charge on any atom is -0.369 e. The van der Waals surface area contributed by atoms with Gasteiger partial charge in [0.05, 0.1) is 6.42 Å². The van der Waals surface area contributed by atoms with Gasteiger partial charge in [-0.1, -0.05) is 25.1 Å². The fraction of sp³-hybridized carbons (Fsp3) is 0.231. The zero-order chi connectivity index (χ0) is 14.5. The summed E-state index contributed by atoms with van der Waals surface area (Å²) in [7, 11) is 0. The van der Waals surface area contributed by atoms with Gasteiger partial charge in [0.25, 0.3) is 5.91 Å². The van der Waals surface area contributed by atoms with E-state index >= 15 is 0 Å². The number of para-hydroxylation sites is 1. The van der Waals surface area contributed by atoms with Gasteiger partial charge in [0.1, 0.15) is 5.82 Å². The van der Waals surface area contributed by atoms with E-state index < -0.39 is 11.8 Å². The number of aromatic amines is 1. The van der Waals surface area contributed by atoms with Crippen molar-refractivity contribution < 1.29 is 9.59 Å². The van der Waals surface area contributed by atoms with Crippen LogP contribution in [0.15, 0.2) is 24.3 Å². The SMILES string of the molecule is CCc1nc(C(=O)Nc2ccccc2CC(N)=O)n[nH]1. The van der Waals surface area contributed by atoms with E-state index in [0.29, 0.717) is 23.5 Å². The molecule has 4 N–H and O–H groups in total. The Balaban J connectivity index is 2.17. The van der Waals surface area contributed by atoms with E-state index in [0.717, 1.165) is 0 Å². The molecule has 0 bridgehead atoms. The van der Waals surface area contributed by atoms with Crippen molar-refractivity contribution >= 4 is 17.5 Å². The van der Waals surface area contributed by atoms with Gasteiger partial charge >= 0.3 is 0 Å². The van der Waals surface area contributed by atoms with Crippen molar-refractivity contribution in [3.63, 3.8) is 0 Å². The van der Waals surface area contributed by atoms with Gasteiger partial charge in [-0.15, -0.1) is 5.10 Å². The van der Waals surface area contributed by atoms with Crippen molar-refractivity contribution in [2.24, 2.45) is 5.73 Å². The topological polar surface area (TPSA) is 114 Å². The van der Waals surface area contributed by atoms with Crippen LogP contribution in [0.5, 0.6) is 0 Å². The largest absolute Gasteiger partial charge is 0.369 e. The van der Waals surface area contributed by atoms with E-state index in [1.165, 1.54) is 0 Å². The molecule has 7 heteroatoms. The third-order valence-corrected chi connectivity index (χ3v) is 2.70. The van der Waals surface area contributed by atoms with Gasteiger partial charge in [0.15, 0.2) is 0 Å². The molecule has 0 unspecified atom stereocenters. The molecule has 0 aliphatic carbocycles. The highest BCUT2D eigenvalue weighted by atomic mass is 16.2. The Morgan fingerprint density at radius 3 is 2.75 bits per heavy atom. The van der Waals surface area contributed by atoms with Gasteiger partial charge in [0, 0.05) is 12.1 Å². The number of nitrogens with one attached hydrogen (secondary N) is 2. The van der Waals surface area contributed by atoms with Crippen molar-refractivity contribution in [3.05, 3.63) is 41.5 Å². The maximum Gasteiger partial charge on any atom is 0.295 e. The van der Waals surface area contributed by atoms with Crippen LogP contribution in [0.25, 0.3) is 0 Å². The molecule has 0 aliphatic heterocycles. The van der Waals surface area contributed by atoms with Crippen LogP contribution in [0.4, 0.5) is 5.69 Å². The Morgan fingerprint density at radius 2 is 2.10 bits per heavy atom. The molecule has 0 atom stereocenters. The molecule has 1 aromatic heterocycles. The van der Waals surface area contributed by atoms with Crippen molar-refractivity contribution in [3.8, 4) is 0 Å². The molecule has 7 nitrogen and oxygen atoms in total. The normalized spacial score (nSPS) is 10.2. The van der Waals surface area contributed by atoms with Gasteiger partial charge < -0.3 is 11.1 Å². The number of benzene rings is 1. The number of primary amides is 1. The molecule has 1 heterocycles. The molecule has 104 valence electrons. The summed E-state index contributed by atoms with van der Waals surface area (Å²) in [5, 5.41) is 9.18. The second-order valence-electron chi connectivity index (χ2n) is 4.21. The zero-order valence-electron chi connectivity index (χ0n) is 11.0. The van der Waals surface area contributed by atoms with Crippen LogP contribution >= 0.6 is 0 Å². The first-order valence-electron chi connectivity index (χ1n) is 6.19. The standard InChI is InChI=1S/C13H15N5O2/c1-2-11-16-12(18-17-11)13(20)15-9-6-4-3-5-8(9)7-10(14)19/h3-6H,2,7H2,1H3,(H2,14,19)(H,15,20)(H,16,17,18). The highest BCUT2D eigenvalue weighted by molar-refractivity contribution is 6.02. The average Bonchev–Trinajstić information content (AvgIpc) is 2.89. The van der Waals surface area contributed by atoms with Gasteiger partial charge in [-0.05, 0) is 11.6 Å². The quantitative estimate of drug-likeness (QED) is 0.742. The smallest absolute Gasteiger partial charge is 0.295 e. The van der Waals surface area contributed by atoms with Crippen LogP contribution in [0, 0.1) is 0 Å². The van der Waals surface area contributed by atoms with Crippen molar-refractivity contribution in [2.45, 2.75) is 19.8 Å². The predicted molar refractivity (Wildman–Crippen MR) is 73.1 cm³/mol. The van der Waals surface area contributed by atoms with Crippen LogP contribution in [-0.2, 0) is 17.6 Å². The number of anilines is 1. The number of aromatic nitrogens is 3. The van der Waals surface area contributed by atoms with Crippen LogP contribution in [0.1, 0.15) is 28.9 Å². The van der Waals surface area contributed by atoms with E-state index in [9.17, 15) is 9.59 Å². The molecule has 0 saturated heterocycles. The lowest BCUT2D eigenvalue weighted by molar-refractivity contribution is -0.117. The maximum absolute atomic E-state index is 12.0. The second-order valence-corrected chi connectivity index (χ2v) is 4.21. The summed E-state index contributed by atoms with van der Waals surface area (Å²) in [6.07, 6.45) is 0.725. The first kappa shape index (κ1) is 13.7. The first-order valence-corrected chi connectivity index (χ1v) is 6.19. The average molecular weight is 273 g/mol. The molecule has 2 aromatic rings. The lowest BCUT2D eigenvalue weighted by Gasteiger charge is -2.08. The van der Waals surface area contributed by atoms with E-state index in [1.54, 1.807) is 24.3 Å². The summed E-state index contributed by atoms with van der Waals surface area (Å²) in [5.74, 6) is -0.188. The van der Waals surface area contributed by atoms with Gasteiger partial charge in [-0.2, -0.15) is 0 Å². The molecule has 0 spiro atoms. The molecule has 0 fully saturated rings. The van der Waals surface area contributed by atoms with E-state index in [1.807, 2.05) is 6.92 Å². The van der Waals surface area contributed by atoms with Crippen LogP contribution in [0.2, 0.25) is 0 Å². The molecule has 0 aliphatic rings. The molecular formula is C13H15N5O2. The number of nitrogens with two attached hydrogens (primary N) is 1. The molecule has 0 radical (unpaired) electrons.